The first kappa shape index (κ1) is 12.9. The first-order valence-electron chi connectivity index (χ1n) is 6.00. The molecule has 6 heteroatoms. The summed E-state index contributed by atoms with van der Waals surface area (Å²) in [7, 11) is 1.71. The molecule has 2 rings (SSSR count). The minimum atomic E-state index is 0.0434. The van der Waals surface area contributed by atoms with Crippen LogP contribution in [-0.2, 0) is 4.74 Å². The summed E-state index contributed by atoms with van der Waals surface area (Å²) in [6, 6.07) is 0.0434. The highest BCUT2D eigenvalue weighted by Crippen LogP contribution is 2.26. The molecular weight excluding hydrogens is 230 g/mol. The van der Waals surface area contributed by atoms with Gasteiger partial charge in [-0.1, -0.05) is 6.92 Å². The zero-order chi connectivity index (χ0) is 13.0. The Morgan fingerprint density at radius 2 is 2.33 bits per heavy atom. The monoisotopic (exact) mass is 249 g/mol. The highest BCUT2D eigenvalue weighted by atomic mass is 16.5. The zero-order valence-electron chi connectivity index (χ0n) is 10.7. The molecule has 0 aliphatic heterocycles. The van der Waals surface area contributed by atoms with E-state index in [0.717, 1.165) is 24.1 Å². The van der Waals surface area contributed by atoms with Crippen molar-refractivity contribution in [2.45, 2.75) is 19.4 Å². The van der Waals surface area contributed by atoms with Crippen molar-refractivity contribution in [3.8, 4) is 0 Å². The van der Waals surface area contributed by atoms with Crippen LogP contribution in [0, 0.1) is 5.92 Å². The lowest BCUT2D eigenvalue weighted by Gasteiger charge is -2.22. The molecule has 0 amide bonds. The third kappa shape index (κ3) is 2.50. The van der Waals surface area contributed by atoms with Crippen LogP contribution in [0.15, 0.2) is 24.8 Å². The minimum absolute atomic E-state index is 0.0434. The number of hydrogen-bond donors (Lipinski definition) is 2. The van der Waals surface area contributed by atoms with Gasteiger partial charge >= 0.3 is 0 Å². The molecule has 0 saturated heterocycles. The van der Waals surface area contributed by atoms with Crippen LogP contribution in [0.1, 0.15) is 24.9 Å². The van der Waals surface area contributed by atoms with Gasteiger partial charge in [-0.3, -0.25) is 16.3 Å². The van der Waals surface area contributed by atoms with Gasteiger partial charge in [0.1, 0.15) is 0 Å². The number of fused-ring (bicyclic) bond motifs is 1. The fourth-order valence-corrected chi connectivity index (χ4v) is 2.12. The Morgan fingerprint density at radius 3 is 3.06 bits per heavy atom. The number of nitrogens with one attached hydrogen (secondary N) is 1. The largest absolute Gasteiger partial charge is 0.385 e. The van der Waals surface area contributed by atoms with E-state index in [0.29, 0.717) is 5.92 Å². The van der Waals surface area contributed by atoms with Crippen LogP contribution >= 0.6 is 0 Å². The lowest BCUT2D eigenvalue weighted by atomic mass is 9.94. The molecule has 0 radical (unpaired) electrons. The number of ether oxygens (including phenoxy) is 1. The fourth-order valence-electron chi connectivity index (χ4n) is 2.12. The van der Waals surface area contributed by atoms with Crippen molar-refractivity contribution in [3.05, 3.63) is 30.4 Å². The highest BCUT2D eigenvalue weighted by Gasteiger charge is 2.21. The van der Waals surface area contributed by atoms with Gasteiger partial charge < -0.3 is 4.74 Å². The lowest BCUT2D eigenvalue weighted by Crippen LogP contribution is -2.33. The molecule has 2 unspecified atom stereocenters. The molecule has 0 bridgehead atoms. The van der Waals surface area contributed by atoms with Crippen molar-refractivity contribution >= 4 is 5.52 Å². The predicted octanol–water partition coefficient (Wildman–Crippen LogP) is 0.906. The van der Waals surface area contributed by atoms with E-state index >= 15 is 0 Å². The van der Waals surface area contributed by atoms with Crippen LogP contribution in [0.2, 0.25) is 0 Å². The van der Waals surface area contributed by atoms with Gasteiger partial charge in [0, 0.05) is 31.7 Å². The minimum Gasteiger partial charge on any atom is -0.385 e. The van der Waals surface area contributed by atoms with Gasteiger partial charge in [-0.15, -0.1) is 0 Å². The Hall–Kier alpha value is -1.50. The van der Waals surface area contributed by atoms with Crippen LogP contribution in [0.4, 0.5) is 0 Å². The first-order chi connectivity index (χ1) is 8.77. The predicted molar refractivity (Wildman–Crippen MR) is 68.7 cm³/mol. The Balaban J connectivity index is 2.26. The molecule has 0 aliphatic carbocycles. The molecular formula is C12H19N5O. The molecule has 0 spiro atoms. The maximum atomic E-state index is 5.68. The molecule has 6 nitrogen and oxygen atoms in total. The summed E-state index contributed by atoms with van der Waals surface area (Å²) in [4.78, 5) is 4.13. The third-order valence-electron chi connectivity index (χ3n) is 3.22. The normalized spacial score (nSPS) is 14.8. The topological polar surface area (TPSA) is 77.5 Å². The maximum Gasteiger partial charge on any atom is 0.0893 e. The summed E-state index contributed by atoms with van der Waals surface area (Å²) in [5.41, 5.74) is 4.91. The summed E-state index contributed by atoms with van der Waals surface area (Å²) in [5, 5.41) is 4.30. The zero-order valence-corrected chi connectivity index (χ0v) is 10.7. The lowest BCUT2D eigenvalue weighted by molar-refractivity contribution is 0.170. The molecule has 2 atom stereocenters. The van der Waals surface area contributed by atoms with Gasteiger partial charge in [0.05, 0.1) is 24.0 Å². The molecule has 98 valence electrons. The SMILES string of the molecule is COCCC(C)C(NN)c1cnn2ccncc12. The standard InChI is InChI=1S/C12H19N5O/c1-9(3-6-18-2)12(16-13)10-7-15-17-5-4-14-8-11(10)17/h4-5,7-9,12,16H,3,6,13H2,1-2H3. The molecule has 0 saturated carbocycles. The van der Waals surface area contributed by atoms with Crippen molar-refractivity contribution in [3.63, 3.8) is 0 Å². The second-order valence-corrected chi connectivity index (χ2v) is 4.41. The molecule has 18 heavy (non-hydrogen) atoms. The van der Waals surface area contributed by atoms with Crippen LogP contribution in [0.5, 0.6) is 0 Å². The van der Waals surface area contributed by atoms with E-state index in [9.17, 15) is 0 Å². The Kier molecular flexibility index (Phi) is 4.24. The van der Waals surface area contributed by atoms with Crippen molar-refractivity contribution in [1.82, 2.24) is 20.0 Å². The van der Waals surface area contributed by atoms with E-state index < -0.39 is 0 Å². The summed E-state index contributed by atoms with van der Waals surface area (Å²) in [5.74, 6) is 6.03. The van der Waals surface area contributed by atoms with Gasteiger partial charge in [-0.2, -0.15) is 5.10 Å². The van der Waals surface area contributed by atoms with Crippen LogP contribution < -0.4 is 11.3 Å². The average Bonchev–Trinajstić information content (AvgIpc) is 2.81. The van der Waals surface area contributed by atoms with Crippen molar-refractivity contribution in [1.29, 1.82) is 0 Å². The molecule has 0 aromatic carbocycles. The van der Waals surface area contributed by atoms with Gasteiger partial charge in [0.2, 0.25) is 0 Å². The van der Waals surface area contributed by atoms with E-state index in [4.69, 9.17) is 10.6 Å². The number of aromatic nitrogens is 3. The molecule has 0 aliphatic rings. The quantitative estimate of drug-likeness (QED) is 0.587. The van der Waals surface area contributed by atoms with Crippen molar-refractivity contribution in [2.24, 2.45) is 11.8 Å². The van der Waals surface area contributed by atoms with Gasteiger partial charge in [-0.25, -0.2) is 4.52 Å². The average molecular weight is 249 g/mol. The number of methoxy groups -OCH3 is 1. The molecule has 2 aromatic heterocycles. The van der Waals surface area contributed by atoms with E-state index in [1.165, 1.54) is 0 Å². The van der Waals surface area contributed by atoms with Gasteiger partial charge in [-0.05, 0) is 12.3 Å². The van der Waals surface area contributed by atoms with Gasteiger partial charge in [0.25, 0.3) is 0 Å². The Morgan fingerprint density at radius 1 is 1.50 bits per heavy atom. The highest BCUT2D eigenvalue weighted by molar-refractivity contribution is 5.53. The second kappa shape index (κ2) is 5.90. The Bertz CT molecular complexity index is 498. The number of rotatable bonds is 6. The van der Waals surface area contributed by atoms with Crippen LogP contribution in [0.25, 0.3) is 5.52 Å². The first-order valence-corrected chi connectivity index (χ1v) is 6.00. The van der Waals surface area contributed by atoms with Crippen LogP contribution in [-0.4, -0.2) is 28.3 Å². The smallest absolute Gasteiger partial charge is 0.0893 e. The van der Waals surface area contributed by atoms with E-state index in [1.807, 2.05) is 12.4 Å². The summed E-state index contributed by atoms with van der Waals surface area (Å²) in [6.07, 6.45) is 8.11. The van der Waals surface area contributed by atoms with Crippen molar-refractivity contribution < 1.29 is 4.74 Å². The van der Waals surface area contributed by atoms with E-state index in [2.05, 4.69) is 22.4 Å². The molecule has 3 N–H and O–H groups in total. The van der Waals surface area contributed by atoms with E-state index in [-0.39, 0.29) is 6.04 Å². The number of nitrogens with zero attached hydrogens (tertiary/aromatic N) is 3. The maximum absolute atomic E-state index is 5.68. The number of hydrazine groups is 1. The Labute approximate surface area is 106 Å². The third-order valence-corrected chi connectivity index (χ3v) is 3.22. The molecule has 2 aromatic rings. The number of hydrogen-bond acceptors (Lipinski definition) is 5. The van der Waals surface area contributed by atoms with Crippen molar-refractivity contribution in [2.75, 3.05) is 13.7 Å². The summed E-state index contributed by atoms with van der Waals surface area (Å²) in [6.45, 7) is 2.86. The fraction of sp³-hybridized carbons (Fsp3) is 0.500. The van der Waals surface area contributed by atoms with E-state index in [1.54, 1.807) is 24.0 Å². The molecule has 2 heterocycles. The second-order valence-electron chi connectivity index (χ2n) is 4.41. The summed E-state index contributed by atoms with van der Waals surface area (Å²) >= 11 is 0. The summed E-state index contributed by atoms with van der Waals surface area (Å²) < 4.78 is 6.91. The molecule has 0 fully saturated rings. The van der Waals surface area contributed by atoms with Crippen LogP contribution in [0.3, 0.4) is 0 Å². The van der Waals surface area contributed by atoms with Gasteiger partial charge in [0.15, 0.2) is 0 Å². The number of nitrogens with two attached hydrogens (primary N) is 1.